The summed E-state index contributed by atoms with van der Waals surface area (Å²) in [4.78, 5) is 9.29. The van der Waals surface area contributed by atoms with E-state index in [0.717, 1.165) is 56.1 Å². The number of rotatable bonds is 5. The molecule has 6 heteroatoms. The Morgan fingerprint density at radius 3 is 2.48 bits per heavy atom. The van der Waals surface area contributed by atoms with Crippen LogP contribution in [0.3, 0.4) is 0 Å². The molecule has 0 radical (unpaired) electrons. The van der Waals surface area contributed by atoms with E-state index in [-0.39, 0.29) is 0 Å². The second-order valence-electron chi connectivity index (χ2n) is 6.95. The smallest absolute Gasteiger partial charge is 0.193 e. The van der Waals surface area contributed by atoms with E-state index in [1.807, 2.05) is 19.2 Å². The van der Waals surface area contributed by atoms with Gasteiger partial charge in [0.2, 0.25) is 0 Å². The van der Waals surface area contributed by atoms with Gasteiger partial charge in [-0.3, -0.25) is 9.89 Å². The summed E-state index contributed by atoms with van der Waals surface area (Å²) in [6, 6.07) is 6.60. The van der Waals surface area contributed by atoms with E-state index in [2.05, 4.69) is 33.1 Å². The number of methoxy groups -OCH3 is 2. The highest BCUT2D eigenvalue weighted by Crippen LogP contribution is 2.29. The van der Waals surface area contributed by atoms with Crippen molar-refractivity contribution in [2.75, 3.05) is 47.4 Å². The molecule has 1 saturated carbocycles. The molecule has 1 heterocycles. The number of hydrogen-bond donors (Lipinski definition) is 1. The third kappa shape index (κ3) is 4.37. The maximum atomic E-state index is 5.50. The SMILES string of the molecule is CN=C(NC1CC1C)N1CCN(Cc2cc(OC)ccc2OC)CC1. The Hall–Kier alpha value is -1.95. The Morgan fingerprint density at radius 2 is 1.92 bits per heavy atom. The van der Waals surface area contributed by atoms with Crippen molar-refractivity contribution in [3.05, 3.63) is 23.8 Å². The van der Waals surface area contributed by atoms with E-state index < -0.39 is 0 Å². The zero-order chi connectivity index (χ0) is 17.8. The molecule has 2 unspecified atom stereocenters. The Kier molecular flexibility index (Phi) is 5.68. The first-order valence-corrected chi connectivity index (χ1v) is 9.06. The molecule has 3 rings (SSSR count). The molecular weight excluding hydrogens is 316 g/mol. The van der Waals surface area contributed by atoms with E-state index in [0.29, 0.717) is 6.04 Å². The molecule has 0 spiro atoms. The fraction of sp³-hybridized carbons (Fsp3) is 0.632. The third-order valence-electron chi connectivity index (χ3n) is 5.19. The number of hydrogen-bond acceptors (Lipinski definition) is 4. The molecule has 2 aliphatic rings. The van der Waals surface area contributed by atoms with Gasteiger partial charge in [-0.2, -0.15) is 0 Å². The molecule has 1 aliphatic carbocycles. The Bertz CT molecular complexity index is 611. The Labute approximate surface area is 150 Å². The highest BCUT2D eigenvalue weighted by molar-refractivity contribution is 5.80. The summed E-state index contributed by atoms with van der Waals surface area (Å²) in [7, 11) is 5.30. The fourth-order valence-electron chi connectivity index (χ4n) is 3.35. The second kappa shape index (κ2) is 7.95. The number of benzene rings is 1. The summed E-state index contributed by atoms with van der Waals surface area (Å²) in [6.07, 6.45) is 1.26. The molecule has 25 heavy (non-hydrogen) atoms. The van der Waals surface area contributed by atoms with Crippen molar-refractivity contribution >= 4 is 5.96 Å². The first kappa shape index (κ1) is 17.9. The van der Waals surface area contributed by atoms with Crippen LogP contribution in [0.2, 0.25) is 0 Å². The van der Waals surface area contributed by atoms with Gasteiger partial charge < -0.3 is 19.7 Å². The average Bonchev–Trinajstić information content (AvgIpc) is 3.35. The number of nitrogens with one attached hydrogen (secondary N) is 1. The minimum absolute atomic E-state index is 0.609. The quantitative estimate of drug-likeness (QED) is 0.651. The minimum Gasteiger partial charge on any atom is -0.497 e. The highest BCUT2D eigenvalue weighted by Gasteiger charge is 2.34. The molecule has 1 aliphatic heterocycles. The first-order chi connectivity index (χ1) is 12.1. The predicted molar refractivity (Wildman–Crippen MR) is 100 cm³/mol. The zero-order valence-corrected chi connectivity index (χ0v) is 15.8. The summed E-state index contributed by atoms with van der Waals surface area (Å²) in [5, 5.41) is 3.58. The van der Waals surface area contributed by atoms with Crippen molar-refractivity contribution in [2.24, 2.45) is 10.9 Å². The van der Waals surface area contributed by atoms with Gasteiger partial charge in [0.15, 0.2) is 5.96 Å². The molecule has 6 nitrogen and oxygen atoms in total. The first-order valence-electron chi connectivity index (χ1n) is 9.06. The molecule has 138 valence electrons. The van der Waals surface area contributed by atoms with Gasteiger partial charge >= 0.3 is 0 Å². The molecular formula is C19H30N4O2. The van der Waals surface area contributed by atoms with Crippen molar-refractivity contribution in [3.8, 4) is 11.5 Å². The molecule has 0 aromatic heterocycles. The lowest BCUT2D eigenvalue weighted by molar-refractivity contribution is 0.171. The molecule has 1 N–H and O–H groups in total. The molecule has 2 atom stereocenters. The monoisotopic (exact) mass is 346 g/mol. The molecule has 0 bridgehead atoms. The van der Waals surface area contributed by atoms with Gasteiger partial charge in [-0.1, -0.05) is 6.92 Å². The Balaban J connectivity index is 1.55. The minimum atomic E-state index is 0.609. The lowest BCUT2D eigenvalue weighted by Gasteiger charge is -2.36. The molecule has 1 aromatic carbocycles. The van der Waals surface area contributed by atoms with Crippen LogP contribution in [0, 0.1) is 5.92 Å². The topological polar surface area (TPSA) is 49.3 Å². The van der Waals surface area contributed by atoms with Gasteiger partial charge in [0, 0.05) is 51.4 Å². The summed E-state index contributed by atoms with van der Waals surface area (Å²) >= 11 is 0. The average molecular weight is 346 g/mol. The van der Waals surface area contributed by atoms with Gasteiger partial charge in [-0.25, -0.2) is 0 Å². The largest absolute Gasteiger partial charge is 0.497 e. The molecule has 1 aromatic rings. The van der Waals surface area contributed by atoms with Gasteiger partial charge in [0.25, 0.3) is 0 Å². The van der Waals surface area contributed by atoms with Crippen LogP contribution in [0.5, 0.6) is 11.5 Å². The second-order valence-corrected chi connectivity index (χ2v) is 6.95. The van der Waals surface area contributed by atoms with Crippen LogP contribution in [0.25, 0.3) is 0 Å². The maximum absolute atomic E-state index is 5.50. The normalized spacial score (nSPS) is 24.2. The number of nitrogens with zero attached hydrogens (tertiary/aromatic N) is 3. The van der Waals surface area contributed by atoms with E-state index in [9.17, 15) is 0 Å². The number of ether oxygens (including phenoxy) is 2. The van der Waals surface area contributed by atoms with Crippen molar-refractivity contribution in [1.82, 2.24) is 15.1 Å². The van der Waals surface area contributed by atoms with Crippen molar-refractivity contribution in [2.45, 2.75) is 25.9 Å². The van der Waals surface area contributed by atoms with E-state index >= 15 is 0 Å². The van der Waals surface area contributed by atoms with Crippen LogP contribution in [-0.4, -0.2) is 69.2 Å². The van der Waals surface area contributed by atoms with Crippen LogP contribution >= 0.6 is 0 Å². The maximum Gasteiger partial charge on any atom is 0.193 e. The summed E-state index contributed by atoms with van der Waals surface area (Å²) in [5.41, 5.74) is 1.17. The van der Waals surface area contributed by atoms with E-state index in [4.69, 9.17) is 9.47 Å². The lowest BCUT2D eigenvalue weighted by Crippen LogP contribution is -2.52. The van der Waals surface area contributed by atoms with Crippen LogP contribution in [0.4, 0.5) is 0 Å². The van der Waals surface area contributed by atoms with Crippen molar-refractivity contribution < 1.29 is 9.47 Å². The standard InChI is InChI=1S/C19H30N4O2/c1-14-11-17(14)21-19(20-2)23-9-7-22(8-10-23)13-15-12-16(24-3)5-6-18(15)25-4/h5-6,12,14,17H,7-11,13H2,1-4H3,(H,20,21). The number of piperazine rings is 1. The van der Waals surface area contributed by atoms with E-state index in [1.54, 1.807) is 14.2 Å². The number of guanidine groups is 1. The Morgan fingerprint density at radius 1 is 1.20 bits per heavy atom. The molecule has 1 saturated heterocycles. The highest BCUT2D eigenvalue weighted by atomic mass is 16.5. The van der Waals surface area contributed by atoms with Crippen LogP contribution in [0.15, 0.2) is 23.2 Å². The van der Waals surface area contributed by atoms with Crippen LogP contribution < -0.4 is 14.8 Å². The van der Waals surface area contributed by atoms with E-state index in [1.165, 1.54) is 12.0 Å². The summed E-state index contributed by atoms with van der Waals surface area (Å²) < 4.78 is 10.9. The molecule has 0 amide bonds. The fourth-order valence-corrected chi connectivity index (χ4v) is 3.35. The predicted octanol–water partition coefficient (Wildman–Crippen LogP) is 1.81. The van der Waals surface area contributed by atoms with Crippen molar-refractivity contribution in [3.63, 3.8) is 0 Å². The van der Waals surface area contributed by atoms with Crippen LogP contribution in [-0.2, 0) is 6.54 Å². The lowest BCUT2D eigenvalue weighted by atomic mass is 10.1. The zero-order valence-electron chi connectivity index (χ0n) is 15.8. The summed E-state index contributed by atoms with van der Waals surface area (Å²) in [6.45, 7) is 7.17. The number of aliphatic imine (C=N–C) groups is 1. The van der Waals surface area contributed by atoms with Crippen LogP contribution in [0.1, 0.15) is 18.9 Å². The van der Waals surface area contributed by atoms with Gasteiger partial charge in [0.1, 0.15) is 11.5 Å². The summed E-state index contributed by atoms with van der Waals surface area (Å²) in [5.74, 6) is 3.62. The van der Waals surface area contributed by atoms with Crippen molar-refractivity contribution in [1.29, 1.82) is 0 Å². The van der Waals surface area contributed by atoms with Gasteiger partial charge in [-0.05, 0) is 30.5 Å². The van der Waals surface area contributed by atoms with Gasteiger partial charge in [-0.15, -0.1) is 0 Å². The van der Waals surface area contributed by atoms with Gasteiger partial charge in [0.05, 0.1) is 14.2 Å². The third-order valence-corrected chi connectivity index (χ3v) is 5.19. The molecule has 2 fully saturated rings.